The first-order valence-corrected chi connectivity index (χ1v) is 6.55. The number of hydrogen-bond donors (Lipinski definition) is 2. The minimum Gasteiger partial charge on any atom is -0.477 e. The summed E-state index contributed by atoms with van der Waals surface area (Å²) in [6.07, 6.45) is 1.56. The fourth-order valence-corrected chi connectivity index (χ4v) is 2.88. The van der Waals surface area contributed by atoms with Crippen molar-refractivity contribution in [2.24, 2.45) is 0 Å². The molecular formula is C12H17NO3S. The summed E-state index contributed by atoms with van der Waals surface area (Å²) in [4.78, 5) is 14.5. The van der Waals surface area contributed by atoms with E-state index in [4.69, 9.17) is 5.11 Å². The number of rotatable bonds is 3. The van der Waals surface area contributed by atoms with Crippen LogP contribution in [0.3, 0.4) is 0 Å². The second kappa shape index (κ2) is 4.76. The van der Waals surface area contributed by atoms with Crippen LogP contribution in [0.2, 0.25) is 0 Å². The molecule has 0 atom stereocenters. The quantitative estimate of drug-likeness (QED) is 0.864. The summed E-state index contributed by atoms with van der Waals surface area (Å²) in [5.41, 5.74) is -0.530. The molecule has 1 aromatic rings. The van der Waals surface area contributed by atoms with E-state index in [2.05, 4.69) is 4.90 Å². The second-order valence-electron chi connectivity index (χ2n) is 4.84. The molecule has 0 aromatic carbocycles. The second-order valence-corrected chi connectivity index (χ2v) is 6.01. The van der Waals surface area contributed by atoms with Crippen molar-refractivity contribution in [2.45, 2.75) is 31.9 Å². The van der Waals surface area contributed by atoms with Crippen LogP contribution in [-0.4, -0.2) is 39.8 Å². The van der Waals surface area contributed by atoms with E-state index in [-0.39, 0.29) is 0 Å². The van der Waals surface area contributed by atoms with Crippen molar-refractivity contribution in [3.63, 3.8) is 0 Å². The average molecular weight is 255 g/mol. The molecule has 1 aliphatic rings. The van der Waals surface area contributed by atoms with E-state index in [1.807, 2.05) is 13.0 Å². The summed E-state index contributed by atoms with van der Waals surface area (Å²) in [5.74, 6) is -0.858. The van der Waals surface area contributed by atoms with Crippen molar-refractivity contribution in [3.05, 3.63) is 21.9 Å². The third-order valence-corrected chi connectivity index (χ3v) is 4.24. The molecule has 17 heavy (non-hydrogen) atoms. The number of thiophene rings is 1. The highest BCUT2D eigenvalue weighted by Gasteiger charge is 2.27. The monoisotopic (exact) mass is 255 g/mol. The molecule has 5 heteroatoms. The average Bonchev–Trinajstić information content (AvgIpc) is 2.70. The maximum atomic E-state index is 10.8. The maximum Gasteiger partial charge on any atom is 0.345 e. The van der Waals surface area contributed by atoms with Gasteiger partial charge in [0.1, 0.15) is 4.88 Å². The topological polar surface area (TPSA) is 60.8 Å². The Labute approximate surface area is 104 Å². The predicted octanol–water partition coefficient (Wildman–Crippen LogP) is 1.79. The van der Waals surface area contributed by atoms with Gasteiger partial charge in [0.2, 0.25) is 0 Å². The largest absolute Gasteiger partial charge is 0.477 e. The molecule has 2 heterocycles. The molecule has 0 saturated carbocycles. The van der Waals surface area contributed by atoms with E-state index in [0.29, 0.717) is 4.88 Å². The Balaban J connectivity index is 1.91. The molecule has 94 valence electrons. The minimum atomic E-state index is -0.858. The summed E-state index contributed by atoms with van der Waals surface area (Å²) in [7, 11) is 0. The fourth-order valence-electron chi connectivity index (χ4n) is 1.99. The number of aromatic carboxylic acids is 1. The lowest BCUT2D eigenvalue weighted by molar-refractivity contribution is -0.00706. The van der Waals surface area contributed by atoms with Gasteiger partial charge in [0.25, 0.3) is 0 Å². The molecule has 2 N–H and O–H groups in total. The molecule has 0 spiro atoms. The van der Waals surface area contributed by atoms with Gasteiger partial charge >= 0.3 is 5.97 Å². The van der Waals surface area contributed by atoms with Gasteiger partial charge in [-0.3, -0.25) is 4.90 Å². The van der Waals surface area contributed by atoms with Crippen molar-refractivity contribution in [3.8, 4) is 0 Å². The third kappa shape index (κ3) is 3.28. The number of hydrogen-bond acceptors (Lipinski definition) is 4. The number of carboxylic acid groups (broad SMARTS) is 1. The van der Waals surface area contributed by atoms with Gasteiger partial charge in [-0.15, -0.1) is 11.3 Å². The first-order valence-electron chi connectivity index (χ1n) is 5.73. The van der Waals surface area contributed by atoms with Gasteiger partial charge in [0.05, 0.1) is 5.60 Å². The standard InChI is InChI=1S/C12H17NO3S/c1-12(16)4-6-13(7-5-12)8-9-2-3-10(17-9)11(14)15/h2-3,16H,4-8H2,1H3,(H,14,15). The number of piperidine rings is 1. The smallest absolute Gasteiger partial charge is 0.345 e. The first kappa shape index (κ1) is 12.5. The van der Waals surface area contributed by atoms with Gasteiger partial charge in [0.15, 0.2) is 0 Å². The molecule has 1 fully saturated rings. The van der Waals surface area contributed by atoms with Gasteiger partial charge in [-0.2, -0.15) is 0 Å². The Morgan fingerprint density at radius 1 is 1.47 bits per heavy atom. The SMILES string of the molecule is CC1(O)CCN(Cc2ccc(C(=O)O)s2)CC1. The molecule has 0 bridgehead atoms. The van der Waals surface area contributed by atoms with Gasteiger partial charge in [0, 0.05) is 24.5 Å². The predicted molar refractivity (Wildman–Crippen MR) is 66.4 cm³/mol. The first-order chi connectivity index (χ1) is 7.96. The molecule has 0 radical (unpaired) electrons. The summed E-state index contributed by atoms with van der Waals surface area (Å²) >= 11 is 1.33. The lowest BCUT2D eigenvalue weighted by atomic mass is 9.94. The molecule has 1 saturated heterocycles. The van der Waals surface area contributed by atoms with Gasteiger partial charge in [-0.05, 0) is 31.9 Å². The van der Waals surface area contributed by atoms with Crippen molar-refractivity contribution >= 4 is 17.3 Å². The molecule has 0 unspecified atom stereocenters. The number of aliphatic hydroxyl groups is 1. The molecular weight excluding hydrogens is 238 g/mol. The Morgan fingerprint density at radius 3 is 2.65 bits per heavy atom. The molecule has 0 aliphatic carbocycles. The number of carboxylic acids is 1. The molecule has 0 amide bonds. The van der Waals surface area contributed by atoms with E-state index in [1.54, 1.807) is 6.07 Å². The summed E-state index contributed by atoms with van der Waals surface area (Å²) in [5, 5.41) is 18.7. The van der Waals surface area contributed by atoms with Gasteiger partial charge < -0.3 is 10.2 Å². The molecule has 1 aliphatic heterocycles. The summed E-state index contributed by atoms with van der Waals surface area (Å²) in [6.45, 7) is 4.40. The van der Waals surface area contributed by atoms with Crippen LogP contribution < -0.4 is 0 Å². The number of nitrogens with zero attached hydrogens (tertiary/aromatic N) is 1. The lowest BCUT2D eigenvalue weighted by Gasteiger charge is -2.35. The summed E-state index contributed by atoms with van der Waals surface area (Å²) in [6, 6.07) is 3.53. The zero-order valence-electron chi connectivity index (χ0n) is 9.85. The number of likely N-dealkylation sites (tertiary alicyclic amines) is 1. The molecule has 4 nitrogen and oxygen atoms in total. The third-order valence-electron chi connectivity index (χ3n) is 3.19. The summed E-state index contributed by atoms with van der Waals surface area (Å²) < 4.78 is 0. The molecule has 2 rings (SSSR count). The Morgan fingerprint density at radius 2 is 2.12 bits per heavy atom. The van der Waals surface area contributed by atoms with E-state index < -0.39 is 11.6 Å². The van der Waals surface area contributed by atoms with Crippen LogP contribution in [-0.2, 0) is 6.54 Å². The lowest BCUT2D eigenvalue weighted by Crippen LogP contribution is -2.41. The Bertz CT molecular complexity index is 404. The number of carbonyl (C=O) groups is 1. The van der Waals surface area contributed by atoms with Gasteiger partial charge in [-0.25, -0.2) is 4.79 Å². The van der Waals surface area contributed by atoms with Crippen LogP contribution in [0.1, 0.15) is 34.3 Å². The van der Waals surface area contributed by atoms with E-state index in [0.717, 1.165) is 37.4 Å². The van der Waals surface area contributed by atoms with Crippen LogP contribution >= 0.6 is 11.3 Å². The van der Waals surface area contributed by atoms with Crippen LogP contribution in [0.5, 0.6) is 0 Å². The van der Waals surface area contributed by atoms with Crippen molar-refractivity contribution in [1.29, 1.82) is 0 Å². The van der Waals surface area contributed by atoms with Crippen LogP contribution in [0.15, 0.2) is 12.1 Å². The highest BCUT2D eigenvalue weighted by molar-refractivity contribution is 7.13. The molecule has 1 aromatic heterocycles. The maximum absolute atomic E-state index is 10.8. The van der Waals surface area contributed by atoms with Crippen LogP contribution in [0, 0.1) is 0 Å². The zero-order valence-corrected chi connectivity index (χ0v) is 10.7. The van der Waals surface area contributed by atoms with E-state index in [9.17, 15) is 9.90 Å². The van der Waals surface area contributed by atoms with Gasteiger partial charge in [-0.1, -0.05) is 0 Å². The van der Waals surface area contributed by atoms with Crippen molar-refractivity contribution < 1.29 is 15.0 Å². The Hall–Kier alpha value is -0.910. The van der Waals surface area contributed by atoms with Crippen molar-refractivity contribution in [2.75, 3.05) is 13.1 Å². The van der Waals surface area contributed by atoms with E-state index >= 15 is 0 Å². The fraction of sp³-hybridized carbons (Fsp3) is 0.583. The minimum absolute atomic E-state index is 0.393. The van der Waals surface area contributed by atoms with E-state index in [1.165, 1.54) is 11.3 Å². The highest BCUT2D eigenvalue weighted by atomic mass is 32.1. The van der Waals surface area contributed by atoms with Crippen molar-refractivity contribution in [1.82, 2.24) is 4.90 Å². The van der Waals surface area contributed by atoms with Crippen LogP contribution in [0.25, 0.3) is 0 Å². The normalized spacial score (nSPS) is 20.4. The Kier molecular flexibility index (Phi) is 3.51. The van der Waals surface area contributed by atoms with Crippen LogP contribution in [0.4, 0.5) is 0 Å². The zero-order chi connectivity index (χ0) is 12.5. The highest BCUT2D eigenvalue weighted by Crippen LogP contribution is 2.24.